The Morgan fingerprint density at radius 2 is 1.95 bits per heavy atom. The number of anilines is 1. The first-order chi connectivity index (χ1) is 9.97. The Hall–Kier alpha value is -0.860. The maximum Gasteiger partial charge on any atom is 0.288 e. The van der Waals surface area contributed by atoms with Crippen molar-refractivity contribution in [3.8, 4) is 0 Å². The number of nitrogens with one attached hydrogen (secondary N) is 1. The van der Waals surface area contributed by atoms with Gasteiger partial charge >= 0.3 is 0 Å². The van der Waals surface area contributed by atoms with Crippen LogP contribution in [0.4, 0.5) is 14.5 Å². The van der Waals surface area contributed by atoms with Gasteiger partial charge in [0.1, 0.15) is 0 Å². The summed E-state index contributed by atoms with van der Waals surface area (Å²) in [5, 5.41) is 3.18. The molecule has 21 heavy (non-hydrogen) atoms. The number of thioether (sulfide) groups is 1. The highest BCUT2D eigenvalue weighted by molar-refractivity contribution is 14.1. The molecule has 0 bridgehead atoms. The molecule has 0 aliphatic heterocycles. The first-order valence-electron chi connectivity index (χ1n) is 5.77. The van der Waals surface area contributed by atoms with E-state index in [0.29, 0.717) is 36.5 Å². The number of carbonyl (C=O) groups excluding carboxylic acids is 1. The third-order valence-electron chi connectivity index (χ3n) is 2.53. The van der Waals surface area contributed by atoms with E-state index < -0.39 is 5.76 Å². The summed E-state index contributed by atoms with van der Waals surface area (Å²) in [6, 6.07) is 11.3. The van der Waals surface area contributed by atoms with Gasteiger partial charge in [0, 0.05) is 13.5 Å². The van der Waals surface area contributed by atoms with Gasteiger partial charge in [0.25, 0.3) is 11.7 Å². The van der Waals surface area contributed by atoms with Crippen LogP contribution >= 0.6 is 46.0 Å². The minimum Gasteiger partial charge on any atom is -0.321 e. The SMILES string of the molecule is O=C(Nc1ccccc1SC(F)F)c1ccc(Cl)cc1I. The minimum atomic E-state index is -2.54. The van der Waals surface area contributed by atoms with Crippen LogP contribution in [0.25, 0.3) is 0 Å². The minimum absolute atomic E-state index is 0.324. The number of carbonyl (C=O) groups is 1. The van der Waals surface area contributed by atoms with E-state index >= 15 is 0 Å². The molecular formula is C14H9ClF2INOS. The van der Waals surface area contributed by atoms with Crippen molar-refractivity contribution in [2.24, 2.45) is 0 Å². The fourth-order valence-electron chi connectivity index (χ4n) is 1.63. The quantitative estimate of drug-likeness (QED) is 0.503. The Labute approximate surface area is 143 Å². The number of amides is 1. The molecule has 2 nitrogen and oxygen atoms in total. The molecule has 0 fully saturated rings. The van der Waals surface area contributed by atoms with Gasteiger partial charge in [-0.25, -0.2) is 0 Å². The normalized spacial score (nSPS) is 10.7. The highest BCUT2D eigenvalue weighted by Crippen LogP contribution is 2.32. The number of halogens is 4. The topological polar surface area (TPSA) is 29.1 Å². The number of alkyl halides is 2. The second-order valence-electron chi connectivity index (χ2n) is 3.95. The molecule has 2 aromatic rings. The number of rotatable bonds is 4. The number of para-hydroxylation sites is 1. The Kier molecular flexibility index (Phi) is 5.83. The fraction of sp³-hybridized carbons (Fsp3) is 0.0714. The molecule has 0 heterocycles. The van der Waals surface area contributed by atoms with Gasteiger partial charge in [-0.2, -0.15) is 8.78 Å². The number of hydrogen-bond acceptors (Lipinski definition) is 2. The van der Waals surface area contributed by atoms with Gasteiger partial charge in [-0.05, 0) is 52.9 Å². The lowest BCUT2D eigenvalue weighted by Crippen LogP contribution is -2.14. The molecule has 0 saturated carbocycles. The summed E-state index contributed by atoms with van der Waals surface area (Å²) in [6.07, 6.45) is 0. The van der Waals surface area contributed by atoms with Gasteiger partial charge in [-0.15, -0.1) is 0 Å². The van der Waals surface area contributed by atoms with Crippen LogP contribution in [-0.2, 0) is 0 Å². The number of hydrogen-bond donors (Lipinski definition) is 1. The maximum absolute atomic E-state index is 12.5. The molecule has 1 N–H and O–H groups in total. The van der Waals surface area contributed by atoms with Crippen molar-refractivity contribution in [2.75, 3.05) is 5.32 Å². The zero-order valence-corrected chi connectivity index (χ0v) is 14.2. The summed E-state index contributed by atoms with van der Waals surface area (Å²) in [5.41, 5.74) is 0.801. The Balaban J connectivity index is 2.23. The summed E-state index contributed by atoms with van der Waals surface area (Å²) >= 11 is 8.24. The van der Waals surface area contributed by atoms with E-state index in [1.807, 2.05) is 22.6 Å². The second kappa shape index (κ2) is 7.42. The van der Waals surface area contributed by atoms with E-state index in [4.69, 9.17) is 11.6 Å². The molecule has 2 aromatic carbocycles. The summed E-state index contributed by atoms with van der Waals surface area (Å²) in [7, 11) is 0. The van der Waals surface area contributed by atoms with Gasteiger partial charge in [0.15, 0.2) is 0 Å². The summed E-state index contributed by atoms with van der Waals surface area (Å²) in [4.78, 5) is 12.6. The van der Waals surface area contributed by atoms with Crippen molar-refractivity contribution in [2.45, 2.75) is 10.7 Å². The maximum atomic E-state index is 12.5. The summed E-state index contributed by atoms with van der Waals surface area (Å²) in [5.74, 6) is -2.91. The van der Waals surface area contributed by atoms with Crippen LogP contribution in [-0.4, -0.2) is 11.7 Å². The molecule has 2 rings (SSSR count). The molecule has 0 spiro atoms. The van der Waals surface area contributed by atoms with Crippen molar-refractivity contribution < 1.29 is 13.6 Å². The predicted molar refractivity (Wildman–Crippen MR) is 90.4 cm³/mol. The van der Waals surface area contributed by atoms with E-state index in [1.165, 1.54) is 0 Å². The van der Waals surface area contributed by atoms with Gasteiger partial charge < -0.3 is 5.32 Å². The molecule has 0 saturated heterocycles. The van der Waals surface area contributed by atoms with Crippen molar-refractivity contribution in [1.82, 2.24) is 0 Å². The van der Waals surface area contributed by atoms with E-state index in [0.717, 1.165) is 0 Å². The Bertz CT molecular complexity index is 669. The third-order valence-corrected chi connectivity index (χ3v) is 4.44. The van der Waals surface area contributed by atoms with Crippen molar-refractivity contribution >= 4 is 57.5 Å². The van der Waals surface area contributed by atoms with Crippen molar-refractivity contribution in [3.05, 3.63) is 56.6 Å². The van der Waals surface area contributed by atoms with Gasteiger partial charge in [0.05, 0.1) is 11.3 Å². The highest BCUT2D eigenvalue weighted by atomic mass is 127. The van der Waals surface area contributed by atoms with E-state index in [9.17, 15) is 13.6 Å². The summed E-state index contributed by atoms with van der Waals surface area (Å²) in [6.45, 7) is 0. The molecule has 7 heteroatoms. The molecule has 0 radical (unpaired) electrons. The van der Waals surface area contributed by atoms with Gasteiger partial charge in [-0.1, -0.05) is 35.5 Å². The largest absolute Gasteiger partial charge is 0.321 e. The smallest absolute Gasteiger partial charge is 0.288 e. The standard InChI is InChI=1S/C14H9ClF2INOS/c15-8-5-6-9(10(18)7-8)13(20)19-11-3-1-2-4-12(11)21-14(16)17/h1-7,14H,(H,19,20). The first kappa shape index (κ1) is 16.5. The third kappa shape index (κ3) is 4.55. The van der Waals surface area contributed by atoms with Crippen LogP contribution in [0.2, 0.25) is 5.02 Å². The molecule has 110 valence electrons. The first-order valence-corrected chi connectivity index (χ1v) is 8.11. The van der Waals surface area contributed by atoms with Crippen LogP contribution in [0.1, 0.15) is 10.4 Å². The lowest BCUT2D eigenvalue weighted by atomic mass is 10.2. The molecule has 0 atom stereocenters. The van der Waals surface area contributed by atoms with Crippen LogP contribution in [0.5, 0.6) is 0 Å². The average molecular weight is 440 g/mol. The van der Waals surface area contributed by atoms with E-state index in [2.05, 4.69) is 5.32 Å². The van der Waals surface area contributed by atoms with Crippen molar-refractivity contribution in [1.29, 1.82) is 0 Å². The van der Waals surface area contributed by atoms with Crippen LogP contribution in [0.15, 0.2) is 47.4 Å². The zero-order valence-electron chi connectivity index (χ0n) is 10.4. The van der Waals surface area contributed by atoms with Crippen LogP contribution in [0, 0.1) is 3.57 Å². The van der Waals surface area contributed by atoms with Gasteiger partial charge in [-0.3, -0.25) is 4.79 Å². The lowest BCUT2D eigenvalue weighted by Gasteiger charge is -2.11. The van der Waals surface area contributed by atoms with Gasteiger partial charge in [0.2, 0.25) is 0 Å². The van der Waals surface area contributed by atoms with Crippen molar-refractivity contribution in [3.63, 3.8) is 0 Å². The van der Waals surface area contributed by atoms with E-state index in [1.54, 1.807) is 42.5 Å². The fourth-order valence-corrected chi connectivity index (χ4v) is 3.34. The summed E-state index contributed by atoms with van der Waals surface area (Å²) < 4.78 is 25.7. The predicted octanol–water partition coefficient (Wildman–Crippen LogP) is 5.51. The average Bonchev–Trinajstić information content (AvgIpc) is 2.40. The number of benzene rings is 2. The van der Waals surface area contributed by atoms with E-state index in [-0.39, 0.29) is 5.91 Å². The highest BCUT2D eigenvalue weighted by Gasteiger charge is 2.14. The molecule has 0 aliphatic rings. The molecule has 0 unspecified atom stereocenters. The molecule has 0 aliphatic carbocycles. The Morgan fingerprint density at radius 1 is 1.24 bits per heavy atom. The zero-order chi connectivity index (χ0) is 15.4. The second-order valence-corrected chi connectivity index (χ2v) is 6.58. The Morgan fingerprint density at radius 3 is 2.62 bits per heavy atom. The lowest BCUT2D eigenvalue weighted by molar-refractivity contribution is 0.102. The molecular weight excluding hydrogens is 431 g/mol. The molecule has 1 amide bonds. The monoisotopic (exact) mass is 439 g/mol. The molecule has 0 aromatic heterocycles. The van der Waals surface area contributed by atoms with Crippen LogP contribution in [0.3, 0.4) is 0 Å². The van der Waals surface area contributed by atoms with Crippen LogP contribution < -0.4 is 5.32 Å².